The molecule has 0 bridgehead atoms. The lowest BCUT2D eigenvalue weighted by atomic mass is 9.88. The molecule has 1 unspecified atom stereocenters. The number of aliphatic hydroxyl groups excluding tert-OH is 1. The third-order valence-corrected chi connectivity index (χ3v) is 4.15. The molecule has 0 aliphatic heterocycles. The fourth-order valence-electron chi connectivity index (χ4n) is 2.56. The molecule has 0 aliphatic rings. The Hall–Kier alpha value is -0.120. The molecule has 0 spiro atoms. The fraction of sp³-hybridized carbons (Fsp3) is 1.00. The van der Waals surface area contributed by atoms with Crippen LogP contribution in [0.2, 0.25) is 0 Å². The number of unbranched alkanes of at least 4 members (excludes halogenated alkanes) is 8. The second-order valence-corrected chi connectivity index (χ2v) is 7.46. The number of aliphatic hydroxyl groups is 3. The van der Waals surface area contributed by atoms with Gasteiger partial charge in [0.25, 0.3) is 0 Å². The average molecular weight is 302 g/mol. The largest absolute Gasteiger partial charge is 0.396 e. The smallest absolute Gasteiger partial charge is 0.0620 e. The van der Waals surface area contributed by atoms with E-state index in [0.29, 0.717) is 19.4 Å². The highest BCUT2D eigenvalue weighted by molar-refractivity contribution is 4.77. The Morgan fingerprint density at radius 3 is 1.43 bits per heavy atom. The molecule has 0 radical (unpaired) electrons. The van der Waals surface area contributed by atoms with E-state index in [9.17, 15) is 10.2 Å². The number of rotatable bonds is 14. The SMILES string of the molecule is CC(C)(O)CCC(C)(O)CCCCCCCCCCCO. The normalized spacial score (nSPS) is 15.1. The Morgan fingerprint density at radius 1 is 0.571 bits per heavy atom. The number of hydrogen-bond acceptors (Lipinski definition) is 3. The van der Waals surface area contributed by atoms with Gasteiger partial charge in [0.2, 0.25) is 0 Å². The van der Waals surface area contributed by atoms with Crippen LogP contribution in [0.1, 0.15) is 97.8 Å². The van der Waals surface area contributed by atoms with E-state index < -0.39 is 11.2 Å². The summed E-state index contributed by atoms with van der Waals surface area (Å²) in [5.41, 5.74) is -1.32. The molecule has 0 fully saturated rings. The van der Waals surface area contributed by atoms with Crippen LogP contribution in [0.25, 0.3) is 0 Å². The van der Waals surface area contributed by atoms with Crippen LogP contribution in [0.4, 0.5) is 0 Å². The van der Waals surface area contributed by atoms with Crippen molar-refractivity contribution in [2.45, 2.75) is 109 Å². The van der Waals surface area contributed by atoms with Gasteiger partial charge >= 0.3 is 0 Å². The first-order chi connectivity index (χ1) is 9.77. The first-order valence-corrected chi connectivity index (χ1v) is 8.82. The topological polar surface area (TPSA) is 60.7 Å². The summed E-state index contributed by atoms with van der Waals surface area (Å²) in [6.07, 6.45) is 12.9. The predicted octanol–water partition coefficient (Wildman–Crippen LogP) is 4.18. The summed E-state index contributed by atoms with van der Waals surface area (Å²) in [5.74, 6) is 0. The van der Waals surface area contributed by atoms with Gasteiger partial charge in [0.05, 0.1) is 11.2 Å². The van der Waals surface area contributed by atoms with Crippen LogP contribution in [-0.4, -0.2) is 33.1 Å². The second-order valence-electron chi connectivity index (χ2n) is 7.46. The van der Waals surface area contributed by atoms with Gasteiger partial charge in [-0.15, -0.1) is 0 Å². The molecule has 21 heavy (non-hydrogen) atoms. The van der Waals surface area contributed by atoms with E-state index in [0.717, 1.165) is 25.7 Å². The van der Waals surface area contributed by atoms with Gasteiger partial charge in [-0.05, 0) is 46.5 Å². The van der Waals surface area contributed by atoms with E-state index in [1.807, 2.05) is 6.92 Å². The molecule has 0 aromatic heterocycles. The molecule has 0 aliphatic carbocycles. The van der Waals surface area contributed by atoms with Gasteiger partial charge in [-0.3, -0.25) is 0 Å². The lowest BCUT2D eigenvalue weighted by molar-refractivity contribution is -0.000182. The maximum atomic E-state index is 10.3. The minimum Gasteiger partial charge on any atom is -0.396 e. The standard InChI is InChI=1S/C18H38O3/c1-17(2,20)14-15-18(3,21)13-11-9-7-5-4-6-8-10-12-16-19/h19-21H,4-16H2,1-3H3. The van der Waals surface area contributed by atoms with Crippen molar-refractivity contribution in [1.29, 1.82) is 0 Å². The molecule has 0 saturated carbocycles. The van der Waals surface area contributed by atoms with Gasteiger partial charge in [-0.1, -0.05) is 51.4 Å². The molecular weight excluding hydrogens is 264 g/mol. The van der Waals surface area contributed by atoms with Gasteiger partial charge in [0.15, 0.2) is 0 Å². The highest BCUT2D eigenvalue weighted by atomic mass is 16.3. The molecule has 0 amide bonds. The van der Waals surface area contributed by atoms with Crippen molar-refractivity contribution in [3.8, 4) is 0 Å². The minimum absolute atomic E-state index is 0.327. The summed E-state index contributed by atoms with van der Waals surface area (Å²) < 4.78 is 0. The predicted molar refractivity (Wildman–Crippen MR) is 89.4 cm³/mol. The third kappa shape index (κ3) is 16.1. The van der Waals surface area contributed by atoms with Gasteiger partial charge in [0, 0.05) is 6.61 Å². The molecule has 3 heteroatoms. The Bertz CT molecular complexity index is 231. The zero-order valence-corrected chi connectivity index (χ0v) is 14.5. The maximum absolute atomic E-state index is 10.3. The first kappa shape index (κ1) is 20.9. The van der Waals surface area contributed by atoms with E-state index in [-0.39, 0.29) is 0 Å². The Kier molecular flexibility index (Phi) is 11.4. The van der Waals surface area contributed by atoms with Crippen LogP contribution in [0.3, 0.4) is 0 Å². The first-order valence-electron chi connectivity index (χ1n) is 8.82. The zero-order chi connectivity index (χ0) is 16.2. The molecule has 3 nitrogen and oxygen atoms in total. The molecule has 0 aromatic carbocycles. The van der Waals surface area contributed by atoms with Crippen LogP contribution in [-0.2, 0) is 0 Å². The van der Waals surface area contributed by atoms with Crippen molar-refractivity contribution in [3.63, 3.8) is 0 Å². The molecule has 3 N–H and O–H groups in total. The van der Waals surface area contributed by atoms with Crippen LogP contribution >= 0.6 is 0 Å². The van der Waals surface area contributed by atoms with E-state index >= 15 is 0 Å². The van der Waals surface area contributed by atoms with Crippen molar-refractivity contribution >= 4 is 0 Å². The van der Waals surface area contributed by atoms with Crippen LogP contribution in [0, 0.1) is 0 Å². The molecular formula is C18H38O3. The lowest BCUT2D eigenvalue weighted by Crippen LogP contribution is -2.29. The monoisotopic (exact) mass is 302 g/mol. The lowest BCUT2D eigenvalue weighted by Gasteiger charge is -2.27. The third-order valence-electron chi connectivity index (χ3n) is 4.15. The zero-order valence-electron chi connectivity index (χ0n) is 14.5. The minimum atomic E-state index is -0.681. The van der Waals surface area contributed by atoms with Crippen molar-refractivity contribution in [3.05, 3.63) is 0 Å². The molecule has 0 heterocycles. The van der Waals surface area contributed by atoms with Crippen molar-refractivity contribution < 1.29 is 15.3 Å². The molecule has 1 atom stereocenters. The van der Waals surface area contributed by atoms with Crippen LogP contribution in [0.15, 0.2) is 0 Å². The van der Waals surface area contributed by atoms with Crippen LogP contribution in [0.5, 0.6) is 0 Å². The molecule has 0 rings (SSSR count). The summed E-state index contributed by atoms with van der Waals surface area (Å²) in [7, 11) is 0. The Balaban J connectivity index is 3.40. The quantitative estimate of drug-likeness (QED) is 0.422. The van der Waals surface area contributed by atoms with E-state index in [4.69, 9.17) is 5.11 Å². The average Bonchev–Trinajstić information content (AvgIpc) is 2.38. The van der Waals surface area contributed by atoms with Gasteiger partial charge in [-0.25, -0.2) is 0 Å². The summed E-state index contributed by atoms with van der Waals surface area (Å²) in [6.45, 7) is 5.81. The maximum Gasteiger partial charge on any atom is 0.0620 e. The van der Waals surface area contributed by atoms with E-state index in [2.05, 4.69) is 0 Å². The van der Waals surface area contributed by atoms with E-state index in [1.165, 1.54) is 38.5 Å². The van der Waals surface area contributed by atoms with E-state index in [1.54, 1.807) is 13.8 Å². The summed E-state index contributed by atoms with van der Waals surface area (Å²) in [5, 5.41) is 28.7. The summed E-state index contributed by atoms with van der Waals surface area (Å²) in [4.78, 5) is 0. The van der Waals surface area contributed by atoms with Gasteiger partial charge < -0.3 is 15.3 Å². The highest BCUT2D eigenvalue weighted by Gasteiger charge is 2.23. The van der Waals surface area contributed by atoms with Gasteiger partial charge in [0.1, 0.15) is 0 Å². The highest BCUT2D eigenvalue weighted by Crippen LogP contribution is 2.24. The summed E-state index contributed by atoms with van der Waals surface area (Å²) in [6, 6.07) is 0. The van der Waals surface area contributed by atoms with Crippen molar-refractivity contribution in [2.75, 3.05) is 6.61 Å². The van der Waals surface area contributed by atoms with Crippen LogP contribution < -0.4 is 0 Å². The van der Waals surface area contributed by atoms with Crippen molar-refractivity contribution in [2.24, 2.45) is 0 Å². The molecule has 0 saturated heterocycles. The fourth-order valence-corrected chi connectivity index (χ4v) is 2.56. The number of hydrogen-bond donors (Lipinski definition) is 3. The van der Waals surface area contributed by atoms with Gasteiger partial charge in [-0.2, -0.15) is 0 Å². The summed E-state index contributed by atoms with van der Waals surface area (Å²) >= 11 is 0. The second kappa shape index (κ2) is 11.4. The molecule has 128 valence electrons. The molecule has 0 aromatic rings. The Labute approximate surface area is 131 Å². The van der Waals surface area contributed by atoms with Crippen molar-refractivity contribution in [1.82, 2.24) is 0 Å². The Morgan fingerprint density at radius 2 is 1.00 bits per heavy atom.